The van der Waals surface area contributed by atoms with Crippen LogP contribution in [0.4, 0.5) is 5.69 Å². The lowest BCUT2D eigenvalue weighted by Gasteiger charge is -2.23. The Morgan fingerprint density at radius 2 is 1.84 bits per heavy atom. The van der Waals surface area contributed by atoms with E-state index in [2.05, 4.69) is 13.8 Å². The van der Waals surface area contributed by atoms with Crippen molar-refractivity contribution >= 4 is 40.6 Å². The Morgan fingerprint density at radius 3 is 2.47 bits per heavy atom. The fourth-order valence-corrected chi connectivity index (χ4v) is 4.39. The molecule has 0 saturated heterocycles. The molecule has 1 heterocycles. The van der Waals surface area contributed by atoms with Gasteiger partial charge in [-0.3, -0.25) is 9.59 Å². The third-order valence-electron chi connectivity index (χ3n) is 5.39. The summed E-state index contributed by atoms with van der Waals surface area (Å²) < 4.78 is 11.3. The molecule has 1 amide bonds. The second-order valence-corrected chi connectivity index (χ2v) is 9.21. The topological polar surface area (TPSA) is 76.1 Å². The predicted octanol–water partition coefficient (Wildman–Crippen LogP) is 5.14. The largest absolute Gasteiger partial charge is 0.493 e. The van der Waals surface area contributed by atoms with Crippen molar-refractivity contribution in [3.63, 3.8) is 0 Å². The maximum Gasteiger partial charge on any atom is 0.264 e. The maximum absolute atomic E-state index is 13.3. The molecule has 0 radical (unpaired) electrons. The average molecular weight is 480 g/mol. The first-order valence-corrected chi connectivity index (χ1v) is 11.2. The number of ketones is 1. The first-order valence-electron chi connectivity index (χ1n) is 10.4. The fraction of sp³-hybridized carbons (Fsp3) is 0.417. The van der Waals surface area contributed by atoms with Gasteiger partial charge < -0.3 is 19.5 Å². The van der Waals surface area contributed by atoms with Crippen LogP contribution in [-0.2, 0) is 21.7 Å². The van der Waals surface area contributed by atoms with Crippen LogP contribution in [0.1, 0.15) is 44.7 Å². The number of anilines is 1. The van der Waals surface area contributed by atoms with Crippen LogP contribution >= 0.6 is 23.2 Å². The number of amides is 1. The SMILES string of the molecule is COc1cc(CN2C(=O)C(O)(CC(C)=O)c3c(Cl)ccc(Cl)c32)ccc1OCCC(C)C. The van der Waals surface area contributed by atoms with Gasteiger partial charge in [0.15, 0.2) is 17.1 Å². The summed E-state index contributed by atoms with van der Waals surface area (Å²) in [6.45, 7) is 6.24. The lowest BCUT2D eigenvalue weighted by molar-refractivity contribution is -0.141. The lowest BCUT2D eigenvalue weighted by atomic mass is 9.90. The first kappa shape index (κ1) is 24.4. The van der Waals surface area contributed by atoms with Crippen LogP contribution in [0.5, 0.6) is 11.5 Å². The van der Waals surface area contributed by atoms with E-state index in [0.717, 1.165) is 12.0 Å². The molecule has 1 atom stereocenters. The van der Waals surface area contributed by atoms with Crippen LogP contribution in [0, 0.1) is 5.92 Å². The fourth-order valence-electron chi connectivity index (χ4n) is 3.82. The highest BCUT2D eigenvalue weighted by molar-refractivity contribution is 6.38. The Bertz CT molecular complexity index is 1040. The summed E-state index contributed by atoms with van der Waals surface area (Å²) in [6, 6.07) is 8.46. The molecule has 6 nitrogen and oxygen atoms in total. The van der Waals surface area contributed by atoms with Crippen molar-refractivity contribution in [3.8, 4) is 11.5 Å². The lowest BCUT2D eigenvalue weighted by Crippen LogP contribution is -2.41. The summed E-state index contributed by atoms with van der Waals surface area (Å²) in [7, 11) is 1.55. The number of hydrogen-bond acceptors (Lipinski definition) is 5. The maximum atomic E-state index is 13.3. The van der Waals surface area contributed by atoms with Gasteiger partial charge in [-0.2, -0.15) is 0 Å². The number of hydrogen-bond donors (Lipinski definition) is 1. The third-order valence-corrected chi connectivity index (χ3v) is 6.01. The molecule has 172 valence electrons. The molecule has 1 aliphatic heterocycles. The smallest absolute Gasteiger partial charge is 0.264 e. The second-order valence-electron chi connectivity index (χ2n) is 8.40. The van der Waals surface area contributed by atoms with Crippen molar-refractivity contribution in [1.29, 1.82) is 0 Å². The van der Waals surface area contributed by atoms with Crippen LogP contribution in [0.2, 0.25) is 10.0 Å². The van der Waals surface area contributed by atoms with Gasteiger partial charge in [-0.25, -0.2) is 0 Å². The van der Waals surface area contributed by atoms with E-state index in [0.29, 0.717) is 29.7 Å². The molecule has 1 aliphatic rings. The van der Waals surface area contributed by atoms with Gasteiger partial charge in [0.05, 0.1) is 31.0 Å². The highest BCUT2D eigenvalue weighted by Gasteiger charge is 2.52. The molecule has 2 aromatic carbocycles. The Morgan fingerprint density at radius 1 is 1.16 bits per heavy atom. The first-order chi connectivity index (χ1) is 15.1. The molecular weight excluding hydrogens is 453 g/mol. The molecular formula is C24H27Cl2NO5. The van der Waals surface area contributed by atoms with Gasteiger partial charge >= 0.3 is 0 Å². The van der Waals surface area contributed by atoms with Crippen molar-refractivity contribution in [2.45, 2.75) is 45.8 Å². The number of carbonyl (C=O) groups is 2. The standard InChI is InChI=1S/C24H27Cl2NO5/c1-14(2)9-10-32-19-8-5-16(11-20(19)31-4)13-27-22-18(26)7-6-17(25)21(22)24(30,23(27)29)12-15(3)28/h5-8,11,14,30H,9-10,12-13H2,1-4H3. The molecule has 3 rings (SSSR count). The Kier molecular flexibility index (Phi) is 7.38. The minimum Gasteiger partial charge on any atom is -0.493 e. The molecule has 0 aromatic heterocycles. The minimum atomic E-state index is -2.06. The second kappa shape index (κ2) is 9.69. The van der Waals surface area contributed by atoms with Gasteiger partial charge in [-0.05, 0) is 49.1 Å². The molecule has 8 heteroatoms. The van der Waals surface area contributed by atoms with Crippen LogP contribution in [0.3, 0.4) is 0 Å². The van der Waals surface area contributed by atoms with Gasteiger partial charge in [0.25, 0.3) is 5.91 Å². The summed E-state index contributed by atoms with van der Waals surface area (Å²) in [4.78, 5) is 26.5. The van der Waals surface area contributed by atoms with E-state index < -0.39 is 11.5 Å². The van der Waals surface area contributed by atoms with E-state index in [-0.39, 0.29) is 34.4 Å². The summed E-state index contributed by atoms with van der Waals surface area (Å²) in [6.07, 6.45) is 0.527. The van der Waals surface area contributed by atoms with Gasteiger partial charge in [-0.15, -0.1) is 0 Å². The monoisotopic (exact) mass is 479 g/mol. The zero-order valence-electron chi connectivity index (χ0n) is 18.6. The number of carbonyl (C=O) groups excluding carboxylic acids is 2. The molecule has 0 fully saturated rings. The Balaban J connectivity index is 1.95. The molecule has 1 N–H and O–H groups in total. The third kappa shape index (κ3) is 4.72. The number of methoxy groups -OCH3 is 1. The van der Waals surface area contributed by atoms with Crippen molar-refractivity contribution < 1.29 is 24.2 Å². The Hall–Kier alpha value is -2.28. The Labute approximate surface area is 198 Å². The zero-order chi connectivity index (χ0) is 23.6. The molecule has 0 aliphatic carbocycles. The molecule has 0 saturated carbocycles. The highest BCUT2D eigenvalue weighted by Crippen LogP contribution is 2.50. The summed E-state index contributed by atoms with van der Waals surface area (Å²) in [5, 5.41) is 11.7. The number of benzene rings is 2. The van der Waals surface area contributed by atoms with Crippen LogP contribution in [0.15, 0.2) is 30.3 Å². The van der Waals surface area contributed by atoms with Crippen molar-refractivity contribution in [2.75, 3.05) is 18.6 Å². The van der Waals surface area contributed by atoms with Crippen LogP contribution in [-0.4, -0.2) is 30.5 Å². The van der Waals surface area contributed by atoms with E-state index in [1.54, 1.807) is 25.3 Å². The molecule has 1 unspecified atom stereocenters. The number of nitrogens with zero attached hydrogens (tertiary/aromatic N) is 1. The van der Waals surface area contributed by atoms with Crippen molar-refractivity contribution in [3.05, 3.63) is 51.5 Å². The molecule has 32 heavy (non-hydrogen) atoms. The minimum absolute atomic E-state index is 0.106. The number of fused-ring (bicyclic) bond motifs is 1. The van der Waals surface area contributed by atoms with Crippen molar-refractivity contribution in [1.82, 2.24) is 0 Å². The highest BCUT2D eigenvalue weighted by atomic mass is 35.5. The van der Waals surface area contributed by atoms with Crippen LogP contribution in [0.25, 0.3) is 0 Å². The number of aliphatic hydroxyl groups is 1. The molecule has 0 bridgehead atoms. The van der Waals surface area contributed by atoms with Gasteiger partial charge in [0.2, 0.25) is 0 Å². The predicted molar refractivity (Wildman–Crippen MR) is 125 cm³/mol. The molecule has 0 spiro atoms. The number of halogens is 2. The summed E-state index contributed by atoms with van der Waals surface area (Å²) in [5.41, 5.74) is -0.857. The average Bonchev–Trinajstić information content (AvgIpc) is 2.93. The summed E-state index contributed by atoms with van der Waals surface area (Å²) in [5.74, 6) is 0.684. The van der Waals surface area contributed by atoms with Gasteiger partial charge in [0, 0.05) is 17.0 Å². The van der Waals surface area contributed by atoms with Crippen molar-refractivity contribution in [2.24, 2.45) is 5.92 Å². The number of rotatable bonds is 9. The van der Waals surface area contributed by atoms with E-state index in [9.17, 15) is 14.7 Å². The zero-order valence-corrected chi connectivity index (χ0v) is 20.1. The van der Waals surface area contributed by atoms with Crippen LogP contribution < -0.4 is 14.4 Å². The quantitative estimate of drug-likeness (QED) is 0.538. The van der Waals surface area contributed by atoms with E-state index in [1.807, 2.05) is 6.07 Å². The van der Waals surface area contributed by atoms with Gasteiger partial charge in [0.1, 0.15) is 5.78 Å². The normalized spacial score (nSPS) is 17.6. The van der Waals surface area contributed by atoms with E-state index >= 15 is 0 Å². The van der Waals surface area contributed by atoms with E-state index in [1.165, 1.54) is 17.9 Å². The summed E-state index contributed by atoms with van der Waals surface area (Å²) >= 11 is 12.7. The van der Waals surface area contributed by atoms with E-state index in [4.69, 9.17) is 32.7 Å². The number of ether oxygens (including phenoxy) is 2. The molecule has 2 aromatic rings. The van der Waals surface area contributed by atoms with Gasteiger partial charge in [-0.1, -0.05) is 43.1 Å². The number of Topliss-reactive ketones (excluding diaryl/α,β-unsaturated/α-hetero) is 1.